The lowest BCUT2D eigenvalue weighted by Crippen LogP contribution is -2.53. The number of esters is 2. The number of nitrogens with two attached hydrogens (primary N) is 2. The molecule has 2 aromatic heterocycles. The molecule has 0 aliphatic carbocycles. The van der Waals surface area contributed by atoms with E-state index in [1.165, 1.54) is 11.8 Å². The van der Waals surface area contributed by atoms with Crippen LogP contribution in [0.3, 0.4) is 0 Å². The minimum absolute atomic E-state index is 0.0286. The molecule has 45 heavy (non-hydrogen) atoms. The molecule has 9 unspecified atom stereocenters. The predicted octanol–water partition coefficient (Wildman–Crippen LogP) is 3.23. The van der Waals surface area contributed by atoms with Crippen molar-refractivity contribution in [2.24, 2.45) is 29.6 Å². The van der Waals surface area contributed by atoms with Crippen LogP contribution in [0.15, 0.2) is 6.33 Å². The Hall–Kier alpha value is -3.26. The van der Waals surface area contributed by atoms with Gasteiger partial charge in [0.05, 0.1) is 11.9 Å². The van der Waals surface area contributed by atoms with Crippen molar-refractivity contribution in [2.75, 3.05) is 24.3 Å². The van der Waals surface area contributed by atoms with Gasteiger partial charge in [-0.25, -0.2) is 4.98 Å². The van der Waals surface area contributed by atoms with Crippen LogP contribution in [0.1, 0.15) is 67.7 Å². The quantitative estimate of drug-likeness (QED) is 0.344. The Balaban J connectivity index is 1.68. The number of rotatable bonds is 6. The Morgan fingerprint density at radius 3 is 2.29 bits per heavy atom. The van der Waals surface area contributed by atoms with Gasteiger partial charge in [-0.2, -0.15) is 9.97 Å². The third kappa shape index (κ3) is 6.67. The second kappa shape index (κ2) is 13.2. The molecular formula is C31H46N6O7S. The number of cyclic esters (lactones) is 1. The number of Topliss-reactive ketones (excluding diaryl/α,β-unsaturated/α-hetero) is 2. The first-order valence-corrected chi connectivity index (χ1v) is 16.5. The first kappa shape index (κ1) is 34.6. The summed E-state index contributed by atoms with van der Waals surface area (Å²) in [6.45, 7) is 12.8. The molecule has 9 atom stereocenters. The highest BCUT2D eigenvalue weighted by Crippen LogP contribution is 2.48. The van der Waals surface area contributed by atoms with Crippen molar-refractivity contribution in [1.29, 1.82) is 0 Å². The molecule has 0 aromatic carbocycles. The summed E-state index contributed by atoms with van der Waals surface area (Å²) < 4.78 is 19.7. The van der Waals surface area contributed by atoms with Gasteiger partial charge in [-0.1, -0.05) is 27.7 Å². The molecule has 2 aliphatic heterocycles. The summed E-state index contributed by atoms with van der Waals surface area (Å²) in [5, 5.41) is -0.728. The zero-order valence-corrected chi connectivity index (χ0v) is 28.2. The average Bonchev–Trinajstić information content (AvgIpc) is 3.50. The van der Waals surface area contributed by atoms with E-state index in [0.29, 0.717) is 42.7 Å². The smallest absolute Gasteiger partial charge is 0.320 e. The van der Waals surface area contributed by atoms with Crippen molar-refractivity contribution in [1.82, 2.24) is 19.5 Å². The molecule has 2 aliphatic rings. The van der Waals surface area contributed by atoms with Crippen molar-refractivity contribution >= 4 is 58.2 Å². The van der Waals surface area contributed by atoms with E-state index >= 15 is 0 Å². The van der Waals surface area contributed by atoms with E-state index in [0.717, 1.165) is 0 Å². The van der Waals surface area contributed by atoms with Gasteiger partial charge in [-0.15, -0.1) is 11.8 Å². The van der Waals surface area contributed by atoms with Crippen molar-refractivity contribution in [3.8, 4) is 0 Å². The Kier molecular flexibility index (Phi) is 10.2. The Bertz CT molecular complexity index is 1470. The van der Waals surface area contributed by atoms with Crippen LogP contribution in [-0.2, 0) is 39.9 Å². The number of fused-ring (bicyclic) bond motifs is 2. The molecule has 248 valence electrons. The molecule has 0 saturated carbocycles. The number of aryl methyl sites for hydroxylation is 1. The van der Waals surface area contributed by atoms with Crippen LogP contribution >= 0.6 is 11.8 Å². The molecule has 2 saturated heterocycles. The first-order chi connectivity index (χ1) is 21.1. The molecule has 14 heteroatoms. The zero-order chi connectivity index (χ0) is 33.4. The summed E-state index contributed by atoms with van der Waals surface area (Å²) in [4.78, 5) is 67.0. The van der Waals surface area contributed by atoms with Gasteiger partial charge in [0.25, 0.3) is 0 Å². The average molecular weight is 647 g/mol. The minimum atomic E-state index is -1.31. The number of ketones is 2. The van der Waals surface area contributed by atoms with E-state index < -0.39 is 64.1 Å². The van der Waals surface area contributed by atoms with E-state index in [-0.39, 0.29) is 23.3 Å². The number of ether oxygens (including phenoxy) is 3. The van der Waals surface area contributed by atoms with E-state index in [4.69, 9.17) is 25.7 Å². The highest BCUT2D eigenvalue weighted by Gasteiger charge is 2.61. The highest BCUT2D eigenvalue weighted by molar-refractivity contribution is 8.00. The van der Waals surface area contributed by atoms with Crippen molar-refractivity contribution in [3.63, 3.8) is 0 Å². The fourth-order valence-corrected chi connectivity index (χ4v) is 8.64. The number of carbonyl (C=O) groups is 4. The maximum absolute atomic E-state index is 14.1. The number of aromatic nitrogens is 4. The van der Waals surface area contributed by atoms with Gasteiger partial charge in [0.2, 0.25) is 5.95 Å². The summed E-state index contributed by atoms with van der Waals surface area (Å²) in [7, 11) is 1.57. The molecule has 0 bridgehead atoms. The van der Waals surface area contributed by atoms with Gasteiger partial charge in [0.1, 0.15) is 34.4 Å². The molecule has 4 rings (SSSR count). The maximum Gasteiger partial charge on any atom is 0.320 e. The Morgan fingerprint density at radius 1 is 1.02 bits per heavy atom. The fraction of sp³-hybridized carbons (Fsp3) is 0.710. The van der Waals surface area contributed by atoms with E-state index in [2.05, 4.69) is 15.0 Å². The van der Waals surface area contributed by atoms with Crippen molar-refractivity contribution < 1.29 is 33.4 Å². The van der Waals surface area contributed by atoms with Gasteiger partial charge in [-0.05, 0) is 40.0 Å². The van der Waals surface area contributed by atoms with Crippen LogP contribution < -0.4 is 11.5 Å². The van der Waals surface area contributed by atoms with Crippen LogP contribution in [0.4, 0.5) is 11.8 Å². The number of hydrogen-bond donors (Lipinski definition) is 2. The lowest BCUT2D eigenvalue weighted by molar-refractivity contribution is -0.183. The van der Waals surface area contributed by atoms with Gasteiger partial charge in [0.15, 0.2) is 17.1 Å². The lowest BCUT2D eigenvalue weighted by atomic mass is 9.70. The van der Waals surface area contributed by atoms with Gasteiger partial charge < -0.3 is 30.2 Å². The van der Waals surface area contributed by atoms with Crippen LogP contribution in [-0.4, -0.2) is 78.4 Å². The van der Waals surface area contributed by atoms with Crippen molar-refractivity contribution in [2.45, 2.75) is 96.8 Å². The Labute approximate surface area is 267 Å². The number of imidazole rings is 1. The van der Waals surface area contributed by atoms with Crippen LogP contribution in [0.25, 0.3) is 11.2 Å². The van der Waals surface area contributed by atoms with E-state index in [9.17, 15) is 19.2 Å². The standard InChI is InChI=1S/C31H46N6O7S/c1-9-19-31(7)20(24(28(41)44-31)45-11-10-37-14-34-21-25(32)35-29(33)36-26(21)37)17(4)22(38)15(2)12-30(6,42-8)13-16(3)23(39)18(5)27(40)43-19/h14-20,24H,9-13H2,1-8H3,(H4,32,33,35,36). The molecular weight excluding hydrogens is 600 g/mol. The largest absolute Gasteiger partial charge is 0.458 e. The number of nitrogen functional groups attached to an aromatic ring is 2. The van der Waals surface area contributed by atoms with Crippen LogP contribution in [0.5, 0.6) is 0 Å². The number of methoxy groups -OCH3 is 1. The van der Waals surface area contributed by atoms with Gasteiger partial charge in [0, 0.05) is 43.1 Å². The van der Waals surface area contributed by atoms with Crippen LogP contribution in [0, 0.1) is 29.6 Å². The van der Waals surface area contributed by atoms with Gasteiger partial charge >= 0.3 is 11.9 Å². The molecule has 13 nitrogen and oxygen atoms in total. The fourth-order valence-electron chi connectivity index (χ4n) is 7.19. The number of nitrogens with zero attached hydrogens (tertiary/aromatic N) is 4. The van der Waals surface area contributed by atoms with E-state index in [1.807, 2.05) is 27.7 Å². The van der Waals surface area contributed by atoms with Gasteiger partial charge in [-0.3, -0.25) is 19.2 Å². The second-order valence-corrected chi connectivity index (χ2v) is 14.3. The second-order valence-electron chi connectivity index (χ2n) is 13.0. The molecule has 4 N–H and O–H groups in total. The third-order valence-electron chi connectivity index (χ3n) is 9.66. The SMILES string of the molecule is CCC1OC(=O)C(C)C(=O)C(C)CC(C)(OC)CC(C)C(=O)C(C)C2C(SCCn3cnc4c(N)nc(N)nc43)C(=O)OC12C. The molecule has 4 heterocycles. The summed E-state index contributed by atoms with van der Waals surface area (Å²) in [6.07, 6.45) is 1.76. The summed E-state index contributed by atoms with van der Waals surface area (Å²) >= 11 is 1.36. The van der Waals surface area contributed by atoms with E-state index in [1.54, 1.807) is 38.8 Å². The number of hydrogen-bond acceptors (Lipinski definition) is 13. The zero-order valence-electron chi connectivity index (χ0n) is 27.4. The number of carbonyl (C=O) groups excluding carboxylic acids is 4. The Morgan fingerprint density at radius 2 is 1.67 bits per heavy atom. The minimum Gasteiger partial charge on any atom is -0.458 e. The highest BCUT2D eigenvalue weighted by atomic mass is 32.2. The molecule has 2 aromatic rings. The third-order valence-corrected chi connectivity index (χ3v) is 10.9. The topological polar surface area (TPSA) is 192 Å². The first-order valence-electron chi connectivity index (χ1n) is 15.5. The molecule has 0 amide bonds. The summed E-state index contributed by atoms with van der Waals surface area (Å²) in [5.74, 6) is -4.03. The van der Waals surface area contributed by atoms with Crippen LogP contribution in [0.2, 0.25) is 0 Å². The number of anilines is 2. The predicted molar refractivity (Wildman–Crippen MR) is 170 cm³/mol. The lowest BCUT2D eigenvalue weighted by Gasteiger charge is -2.41. The monoisotopic (exact) mass is 646 g/mol. The molecule has 0 spiro atoms. The maximum atomic E-state index is 14.1. The molecule has 0 radical (unpaired) electrons. The normalized spacial score (nSPS) is 35.2. The molecule has 2 fully saturated rings. The summed E-state index contributed by atoms with van der Waals surface area (Å²) in [5.41, 5.74) is 10.6. The summed E-state index contributed by atoms with van der Waals surface area (Å²) in [6, 6.07) is 0. The van der Waals surface area contributed by atoms with Crippen molar-refractivity contribution in [3.05, 3.63) is 6.33 Å². The number of thioether (sulfide) groups is 1.